The second-order valence-corrected chi connectivity index (χ2v) is 5.70. The number of carbonyl (C=O) groups is 1. The van der Waals surface area contributed by atoms with E-state index in [1.807, 2.05) is 0 Å². The molecule has 2 aromatic rings. The van der Waals surface area contributed by atoms with Crippen molar-refractivity contribution in [1.29, 1.82) is 0 Å². The molecule has 2 N–H and O–H groups in total. The summed E-state index contributed by atoms with van der Waals surface area (Å²) in [5, 5.41) is 11.8. The van der Waals surface area contributed by atoms with Crippen molar-refractivity contribution >= 4 is 5.91 Å². The first-order valence-electron chi connectivity index (χ1n) is 6.97. The molecule has 0 aromatic heterocycles. The first-order chi connectivity index (χ1) is 10.8. The van der Waals surface area contributed by atoms with Crippen LogP contribution in [0.15, 0.2) is 42.5 Å². The molecule has 4 nitrogen and oxygen atoms in total. The van der Waals surface area contributed by atoms with E-state index in [1.165, 1.54) is 30.3 Å². The first-order valence-corrected chi connectivity index (χ1v) is 6.97. The zero-order chi connectivity index (χ0) is 17.0. The van der Waals surface area contributed by atoms with Gasteiger partial charge in [-0.05, 0) is 50.2 Å². The van der Waals surface area contributed by atoms with E-state index in [1.54, 1.807) is 13.8 Å². The zero-order valence-corrected chi connectivity index (χ0v) is 12.8. The van der Waals surface area contributed by atoms with E-state index in [2.05, 4.69) is 5.32 Å². The van der Waals surface area contributed by atoms with Crippen molar-refractivity contribution in [2.24, 2.45) is 0 Å². The molecule has 0 saturated heterocycles. The Hall–Kier alpha value is -2.47. The topological polar surface area (TPSA) is 58.6 Å². The lowest BCUT2D eigenvalue weighted by atomic mass is 10.1. The van der Waals surface area contributed by atoms with Crippen LogP contribution in [0.1, 0.15) is 24.2 Å². The van der Waals surface area contributed by atoms with Crippen molar-refractivity contribution in [3.63, 3.8) is 0 Å². The highest BCUT2D eigenvalue weighted by atomic mass is 19.1. The Morgan fingerprint density at radius 2 is 1.83 bits per heavy atom. The number of hydrogen-bond donors (Lipinski definition) is 2. The van der Waals surface area contributed by atoms with E-state index < -0.39 is 17.2 Å². The van der Waals surface area contributed by atoms with Gasteiger partial charge in [0.25, 0.3) is 5.91 Å². The van der Waals surface area contributed by atoms with Gasteiger partial charge in [-0.3, -0.25) is 4.79 Å². The highest BCUT2D eigenvalue weighted by Crippen LogP contribution is 2.25. The second-order valence-electron chi connectivity index (χ2n) is 5.70. The van der Waals surface area contributed by atoms with Gasteiger partial charge in [0.05, 0.1) is 12.1 Å². The molecule has 2 aromatic carbocycles. The number of nitrogens with one attached hydrogen (secondary N) is 1. The highest BCUT2D eigenvalue weighted by molar-refractivity contribution is 5.94. The summed E-state index contributed by atoms with van der Waals surface area (Å²) in [7, 11) is 0. The molecule has 0 saturated carbocycles. The van der Waals surface area contributed by atoms with Crippen molar-refractivity contribution in [3.8, 4) is 11.5 Å². The number of halogens is 2. The maximum atomic E-state index is 13.5. The fourth-order valence-electron chi connectivity index (χ4n) is 1.78. The maximum absolute atomic E-state index is 13.5. The molecule has 1 amide bonds. The minimum atomic E-state index is -0.809. The number of rotatable bonds is 5. The van der Waals surface area contributed by atoms with Gasteiger partial charge in [0, 0.05) is 11.6 Å². The Bertz CT molecular complexity index is 699. The number of aliphatic hydroxyl groups is 1. The van der Waals surface area contributed by atoms with Gasteiger partial charge in [-0.2, -0.15) is 0 Å². The number of benzene rings is 2. The molecule has 6 heteroatoms. The quantitative estimate of drug-likeness (QED) is 0.889. The molecule has 0 aliphatic carbocycles. The predicted octanol–water partition coefficient (Wildman–Crippen LogP) is 3.26. The Morgan fingerprint density at radius 3 is 2.39 bits per heavy atom. The number of ether oxygens (including phenoxy) is 1. The van der Waals surface area contributed by atoms with E-state index in [0.29, 0.717) is 11.3 Å². The van der Waals surface area contributed by atoms with Crippen molar-refractivity contribution < 1.29 is 23.4 Å². The lowest BCUT2D eigenvalue weighted by Gasteiger charge is -2.23. The molecule has 0 heterocycles. The van der Waals surface area contributed by atoms with Crippen LogP contribution < -0.4 is 10.1 Å². The van der Waals surface area contributed by atoms with Gasteiger partial charge in [-0.1, -0.05) is 0 Å². The molecular weight excluding hydrogens is 304 g/mol. The summed E-state index contributed by atoms with van der Waals surface area (Å²) >= 11 is 0. The van der Waals surface area contributed by atoms with Crippen LogP contribution in [0.25, 0.3) is 0 Å². The van der Waals surface area contributed by atoms with Gasteiger partial charge in [-0.25, -0.2) is 8.78 Å². The van der Waals surface area contributed by atoms with E-state index in [9.17, 15) is 13.6 Å². The van der Waals surface area contributed by atoms with Crippen LogP contribution >= 0.6 is 0 Å². The normalized spacial score (nSPS) is 11.2. The summed E-state index contributed by atoms with van der Waals surface area (Å²) in [5.41, 5.74) is -0.359. The first kappa shape index (κ1) is 16.9. The molecule has 23 heavy (non-hydrogen) atoms. The Balaban J connectivity index is 2.09. The predicted molar refractivity (Wildman–Crippen MR) is 81.5 cm³/mol. The summed E-state index contributed by atoms with van der Waals surface area (Å²) < 4.78 is 31.7. The lowest BCUT2D eigenvalue weighted by molar-refractivity contribution is 0.0869. The van der Waals surface area contributed by atoms with Crippen molar-refractivity contribution in [3.05, 3.63) is 59.7 Å². The van der Waals surface area contributed by atoms with Gasteiger partial charge in [-0.15, -0.1) is 0 Å². The molecular formula is C17H17F2NO3. The van der Waals surface area contributed by atoms with Gasteiger partial charge in [0.15, 0.2) is 11.6 Å². The smallest absolute Gasteiger partial charge is 0.251 e. The minimum absolute atomic E-state index is 0.106. The highest BCUT2D eigenvalue weighted by Gasteiger charge is 2.20. The number of aliphatic hydroxyl groups excluding tert-OH is 1. The molecule has 0 aliphatic rings. The summed E-state index contributed by atoms with van der Waals surface area (Å²) in [6.45, 7) is 3.20. The molecule has 2 rings (SSSR count). The summed E-state index contributed by atoms with van der Waals surface area (Å²) in [5.74, 6) is -1.63. The fraction of sp³-hybridized carbons (Fsp3) is 0.235. The lowest BCUT2D eigenvalue weighted by Crippen LogP contribution is -2.46. The maximum Gasteiger partial charge on any atom is 0.251 e. The average Bonchev–Trinajstić information content (AvgIpc) is 2.50. The zero-order valence-electron chi connectivity index (χ0n) is 12.8. The minimum Gasteiger partial charge on any atom is -0.454 e. The standard InChI is InChI=1S/C17H17F2NO3/c1-17(2,10-21)20-16(22)11-3-6-13(7-4-11)23-15-8-5-12(18)9-14(15)19/h3-9,21H,10H2,1-2H3,(H,20,22). The van der Waals surface area contributed by atoms with E-state index in [0.717, 1.165) is 12.1 Å². The van der Waals surface area contributed by atoms with Crippen LogP contribution in [0, 0.1) is 11.6 Å². The molecule has 0 fully saturated rings. The average molecular weight is 321 g/mol. The van der Waals surface area contributed by atoms with Crippen LogP contribution in [0.3, 0.4) is 0 Å². The third kappa shape index (κ3) is 4.50. The van der Waals surface area contributed by atoms with Gasteiger partial charge in [0.1, 0.15) is 11.6 Å². The monoisotopic (exact) mass is 321 g/mol. The third-order valence-corrected chi connectivity index (χ3v) is 3.09. The van der Waals surface area contributed by atoms with E-state index in [4.69, 9.17) is 9.84 Å². The molecule has 0 unspecified atom stereocenters. The number of carbonyl (C=O) groups excluding carboxylic acids is 1. The largest absolute Gasteiger partial charge is 0.454 e. The van der Waals surface area contributed by atoms with Gasteiger partial charge < -0.3 is 15.2 Å². The Kier molecular flexibility index (Phi) is 4.95. The van der Waals surface area contributed by atoms with Crippen molar-refractivity contribution in [2.45, 2.75) is 19.4 Å². The fourth-order valence-corrected chi connectivity index (χ4v) is 1.78. The SMILES string of the molecule is CC(C)(CO)NC(=O)c1ccc(Oc2ccc(F)cc2F)cc1. The number of amides is 1. The van der Waals surface area contributed by atoms with Crippen LogP contribution in [0.5, 0.6) is 11.5 Å². The Morgan fingerprint density at radius 1 is 1.17 bits per heavy atom. The van der Waals surface area contributed by atoms with E-state index in [-0.39, 0.29) is 18.3 Å². The molecule has 0 bridgehead atoms. The molecule has 122 valence electrons. The van der Waals surface area contributed by atoms with Crippen LogP contribution in [0.4, 0.5) is 8.78 Å². The molecule has 0 aliphatic heterocycles. The molecule has 0 radical (unpaired) electrons. The molecule has 0 atom stereocenters. The van der Waals surface area contributed by atoms with Crippen LogP contribution in [-0.2, 0) is 0 Å². The van der Waals surface area contributed by atoms with Crippen LogP contribution in [0.2, 0.25) is 0 Å². The van der Waals surface area contributed by atoms with Crippen LogP contribution in [-0.4, -0.2) is 23.2 Å². The number of hydrogen-bond acceptors (Lipinski definition) is 3. The van der Waals surface area contributed by atoms with Gasteiger partial charge >= 0.3 is 0 Å². The third-order valence-electron chi connectivity index (χ3n) is 3.09. The van der Waals surface area contributed by atoms with Gasteiger partial charge in [0.2, 0.25) is 0 Å². The Labute approximate surface area is 132 Å². The van der Waals surface area contributed by atoms with Crippen molar-refractivity contribution in [2.75, 3.05) is 6.61 Å². The second kappa shape index (κ2) is 6.75. The summed E-state index contributed by atoms with van der Waals surface area (Å²) in [6, 6.07) is 9.05. The van der Waals surface area contributed by atoms with Crippen molar-refractivity contribution in [1.82, 2.24) is 5.32 Å². The summed E-state index contributed by atoms with van der Waals surface area (Å²) in [6.07, 6.45) is 0. The summed E-state index contributed by atoms with van der Waals surface area (Å²) in [4.78, 5) is 12.0. The van der Waals surface area contributed by atoms with E-state index >= 15 is 0 Å². The molecule has 0 spiro atoms.